The quantitative estimate of drug-likeness (QED) is 0.800. The van der Waals surface area contributed by atoms with Gasteiger partial charge in [-0.3, -0.25) is 15.1 Å². The first-order chi connectivity index (χ1) is 9.22. The number of piperazine rings is 1. The number of pyridine rings is 1. The third-order valence-corrected chi connectivity index (χ3v) is 2.90. The summed E-state index contributed by atoms with van der Waals surface area (Å²) in [6, 6.07) is 3.65. The molecule has 1 saturated heterocycles. The van der Waals surface area contributed by atoms with Crippen LogP contribution in [0.5, 0.6) is 0 Å². The lowest BCUT2D eigenvalue weighted by atomic mass is 10.2. The lowest BCUT2D eigenvalue weighted by Gasteiger charge is -2.20. The lowest BCUT2D eigenvalue weighted by molar-refractivity contribution is -0.121. The highest BCUT2D eigenvalue weighted by Gasteiger charge is 2.24. The van der Waals surface area contributed by atoms with Gasteiger partial charge in [-0.2, -0.15) is 4.98 Å². The molecule has 19 heavy (non-hydrogen) atoms. The Labute approximate surface area is 109 Å². The van der Waals surface area contributed by atoms with E-state index in [1.807, 2.05) is 19.1 Å². The van der Waals surface area contributed by atoms with Crippen molar-refractivity contribution in [2.75, 3.05) is 13.1 Å². The molecule has 1 atom stereocenters. The summed E-state index contributed by atoms with van der Waals surface area (Å²) in [5, 5.41) is 9.70. The van der Waals surface area contributed by atoms with Gasteiger partial charge in [0.25, 0.3) is 0 Å². The summed E-state index contributed by atoms with van der Waals surface area (Å²) in [5.74, 6) is 0.882. The van der Waals surface area contributed by atoms with Crippen molar-refractivity contribution < 1.29 is 9.32 Å². The first-order valence-corrected chi connectivity index (χ1v) is 5.99. The van der Waals surface area contributed by atoms with Crippen LogP contribution in [-0.2, 0) is 4.79 Å². The summed E-state index contributed by atoms with van der Waals surface area (Å²) in [4.78, 5) is 19.6. The number of nitrogens with zero attached hydrogens (tertiary/aromatic N) is 3. The van der Waals surface area contributed by atoms with Crippen LogP contribution in [-0.4, -0.2) is 34.1 Å². The fraction of sp³-hybridized carbons (Fsp3) is 0.333. The first kappa shape index (κ1) is 11.8. The minimum atomic E-state index is -0.149. The Balaban J connectivity index is 1.81. The van der Waals surface area contributed by atoms with E-state index >= 15 is 0 Å². The summed E-state index contributed by atoms with van der Waals surface area (Å²) in [7, 11) is 0. The van der Waals surface area contributed by atoms with E-state index in [-0.39, 0.29) is 18.5 Å². The molecule has 0 aliphatic carbocycles. The molecule has 3 rings (SSSR count). The largest absolute Gasteiger partial charge is 0.353 e. The molecule has 3 heterocycles. The molecular formula is C12H13N5O2. The van der Waals surface area contributed by atoms with Crippen LogP contribution < -0.4 is 10.6 Å². The van der Waals surface area contributed by atoms with E-state index in [9.17, 15) is 4.79 Å². The van der Waals surface area contributed by atoms with Gasteiger partial charge in [0.1, 0.15) is 11.7 Å². The van der Waals surface area contributed by atoms with E-state index in [1.54, 1.807) is 6.20 Å². The Morgan fingerprint density at radius 3 is 3.11 bits per heavy atom. The average Bonchev–Trinajstić information content (AvgIpc) is 2.89. The highest BCUT2D eigenvalue weighted by atomic mass is 16.5. The average molecular weight is 259 g/mol. The zero-order chi connectivity index (χ0) is 13.2. The van der Waals surface area contributed by atoms with Crippen LogP contribution in [0.15, 0.2) is 22.9 Å². The van der Waals surface area contributed by atoms with E-state index in [1.165, 1.54) is 0 Å². The van der Waals surface area contributed by atoms with Crippen LogP contribution in [0, 0.1) is 6.92 Å². The normalized spacial score (nSPS) is 19.2. The standard InChI is InChI=1S/C12H13N5O2/c1-7-2-3-13-8(4-7)11-16-12(19-17-11)9-5-15-10(18)6-14-9/h2-4,9,14H,5-6H2,1H3,(H,15,18). The van der Waals surface area contributed by atoms with Crippen molar-refractivity contribution >= 4 is 5.91 Å². The predicted molar refractivity (Wildman–Crippen MR) is 66.0 cm³/mol. The van der Waals surface area contributed by atoms with Gasteiger partial charge in [0.2, 0.25) is 17.6 Å². The van der Waals surface area contributed by atoms with Gasteiger partial charge in [0, 0.05) is 12.7 Å². The summed E-state index contributed by atoms with van der Waals surface area (Å²) in [5.41, 5.74) is 1.76. The van der Waals surface area contributed by atoms with Gasteiger partial charge in [0.15, 0.2) is 0 Å². The van der Waals surface area contributed by atoms with Crippen molar-refractivity contribution in [1.82, 2.24) is 25.8 Å². The summed E-state index contributed by atoms with van der Waals surface area (Å²) in [6.45, 7) is 2.68. The smallest absolute Gasteiger partial charge is 0.245 e. The van der Waals surface area contributed by atoms with Crippen molar-refractivity contribution in [3.8, 4) is 11.5 Å². The van der Waals surface area contributed by atoms with Gasteiger partial charge < -0.3 is 9.84 Å². The molecule has 0 radical (unpaired) electrons. The number of hydrogen-bond acceptors (Lipinski definition) is 6. The Bertz CT molecular complexity index is 600. The topological polar surface area (TPSA) is 92.9 Å². The molecule has 7 heteroatoms. The van der Waals surface area contributed by atoms with Gasteiger partial charge in [-0.25, -0.2) is 0 Å². The second-order valence-electron chi connectivity index (χ2n) is 4.41. The van der Waals surface area contributed by atoms with Crippen LogP contribution in [0.2, 0.25) is 0 Å². The van der Waals surface area contributed by atoms with E-state index in [4.69, 9.17) is 4.52 Å². The zero-order valence-electron chi connectivity index (χ0n) is 10.4. The molecule has 1 amide bonds. The van der Waals surface area contributed by atoms with Crippen LogP contribution >= 0.6 is 0 Å². The summed E-state index contributed by atoms with van der Waals surface area (Å²) < 4.78 is 5.22. The first-order valence-electron chi connectivity index (χ1n) is 5.99. The molecular weight excluding hydrogens is 246 g/mol. The Kier molecular flexibility index (Phi) is 2.96. The third-order valence-electron chi connectivity index (χ3n) is 2.90. The zero-order valence-corrected chi connectivity index (χ0v) is 10.4. The summed E-state index contributed by atoms with van der Waals surface area (Å²) >= 11 is 0. The van der Waals surface area contributed by atoms with Gasteiger partial charge >= 0.3 is 0 Å². The van der Waals surface area contributed by atoms with Crippen molar-refractivity contribution in [1.29, 1.82) is 0 Å². The maximum Gasteiger partial charge on any atom is 0.245 e. The Hall–Kier alpha value is -2.28. The molecule has 1 aliphatic heterocycles. The molecule has 98 valence electrons. The molecule has 0 bridgehead atoms. The van der Waals surface area contributed by atoms with Gasteiger partial charge in [0.05, 0.1) is 6.54 Å². The number of nitrogens with one attached hydrogen (secondary N) is 2. The number of aryl methyl sites for hydroxylation is 1. The molecule has 2 aromatic rings. The highest BCUT2D eigenvalue weighted by molar-refractivity contribution is 5.78. The van der Waals surface area contributed by atoms with Gasteiger partial charge in [-0.1, -0.05) is 5.16 Å². The monoisotopic (exact) mass is 259 g/mol. The highest BCUT2D eigenvalue weighted by Crippen LogP contribution is 2.18. The van der Waals surface area contributed by atoms with Gasteiger partial charge in [-0.05, 0) is 24.6 Å². The number of carbonyl (C=O) groups is 1. The number of carbonyl (C=O) groups excluding carboxylic acids is 1. The van der Waals surface area contributed by atoms with E-state index in [0.717, 1.165) is 5.56 Å². The number of aromatic nitrogens is 3. The second kappa shape index (κ2) is 4.77. The van der Waals surface area contributed by atoms with Crippen LogP contribution in [0.4, 0.5) is 0 Å². The minimum Gasteiger partial charge on any atom is -0.353 e. The number of hydrogen-bond donors (Lipinski definition) is 2. The molecule has 1 unspecified atom stereocenters. The van der Waals surface area contributed by atoms with Crippen molar-refractivity contribution in [2.45, 2.75) is 13.0 Å². The van der Waals surface area contributed by atoms with Crippen LogP contribution in [0.3, 0.4) is 0 Å². The molecule has 2 aromatic heterocycles. The van der Waals surface area contributed by atoms with Crippen molar-refractivity contribution in [3.05, 3.63) is 29.8 Å². The minimum absolute atomic E-state index is 0.0312. The maximum absolute atomic E-state index is 11.1. The Morgan fingerprint density at radius 2 is 2.37 bits per heavy atom. The molecule has 0 spiro atoms. The fourth-order valence-corrected chi connectivity index (χ4v) is 1.88. The Morgan fingerprint density at radius 1 is 1.47 bits per heavy atom. The van der Waals surface area contributed by atoms with Gasteiger partial charge in [-0.15, -0.1) is 0 Å². The number of rotatable bonds is 2. The van der Waals surface area contributed by atoms with E-state index < -0.39 is 0 Å². The number of amides is 1. The molecule has 1 aliphatic rings. The molecule has 2 N–H and O–H groups in total. The van der Waals surface area contributed by atoms with E-state index in [2.05, 4.69) is 25.8 Å². The van der Waals surface area contributed by atoms with Crippen LogP contribution in [0.1, 0.15) is 17.5 Å². The lowest BCUT2D eigenvalue weighted by Crippen LogP contribution is -2.47. The molecule has 0 aromatic carbocycles. The molecule has 1 fully saturated rings. The fourth-order valence-electron chi connectivity index (χ4n) is 1.88. The predicted octanol–water partition coefficient (Wildman–Crippen LogP) is 0.201. The molecule has 0 saturated carbocycles. The van der Waals surface area contributed by atoms with Crippen molar-refractivity contribution in [3.63, 3.8) is 0 Å². The van der Waals surface area contributed by atoms with Crippen LogP contribution in [0.25, 0.3) is 11.5 Å². The molecule has 7 nitrogen and oxygen atoms in total. The second-order valence-corrected chi connectivity index (χ2v) is 4.41. The van der Waals surface area contributed by atoms with Crippen molar-refractivity contribution in [2.24, 2.45) is 0 Å². The maximum atomic E-state index is 11.1. The summed E-state index contributed by atoms with van der Waals surface area (Å²) in [6.07, 6.45) is 1.71. The van der Waals surface area contributed by atoms with E-state index in [0.29, 0.717) is 24.0 Å². The third kappa shape index (κ3) is 2.45. The SMILES string of the molecule is Cc1ccnc(-c2noc(C3CNC(=O)CN3)n2)c1.